The molecule has 0 aliphatic rings. The summed E-state index contributed by atoms with van der Waals surface area (Å²) in [6, 6.07) is 8.08. The summed E-state index contributed by atoms with van der Waals surface area (Å²) in [5, 5.41) is 6.16. The van der Waals surface area contributed by atoms with E-state index in [0.717, 1.165) is 31.6 Å². The van der Waals surface area contributed by atoms with Gasteiger partial charge in [-0.2, -0.15) is 0 Å². The van der Waals surface area contributed by atoms with Crippen molar-refractivity contribution in [2.45, 2.75) is 52.9 Å². The highest BCUT2D eigenvalue weighted by atomic mass is 32.1. The van der Waals surface area contributed by atoms with E-state index in [0.29, 0.717) is 11.5 Å². The molecule has 1 aromatic carbocycles. The lowest BCUT2D eigenvalue weighted by molar-refractivity contribution is -0.119. The molecule has 0 fully saturated rings. The first-order valence-corrected chi connectivity index (χ1v) is 8.97. The summed E-state index contributed by atoms with van der Waals surface area (Å²) in [5.74, 6) is -0.0154. The molecule has 1 rings (SSSR count). The zero-order valence-corrected chi connectivity index (χ0v) is 15.3. The van der Waals surface area contributed by atoms with E-state index in [1.54, 1.807) is 0 Å². The van der Waals surface area contributed by atoms with Gasteiger partial charge in [0.15, 0.2) is 5.11 Å². The molecule has 0 atom stereocenters. The van der Waals surface area contributed by atoms with Gasteiger partial charge in [-0.1, -0.05) is 26.2 Å². The number of carbonyl (C=O) groups excluding carboxylic acids is 1. The van der Waals surface area contributed by atoms with Gasteiger partial charge in [-0.15, -0.1) is 0 Å². The zero-order valence-electron chi connectivity index (χ0n) is 14.5. The number of thiocarbonyl (C=S) groups is 1. The number of hydrogen-bond donors (Lipinski definition) is 2. The topological polar surface area (TPSA) is 44.4 Å². The van der Waals surface area contributed by atoms with Crippen molar-refractivity contribution in [2.24, 2.45) is 0 Å². The molecule has 0 unspecified atom stereocenters. The van der Waals surface area contributed by atoms with E-state index in [4.69, 9.17) is 12.2 Å². The van der Waals surface area contributed by atoms with Crippen molar-refractivity contribution < 1.29 is 4.79 Å². The molecule has 1 aromatic rings. The zero-order chi connectivity index (χ0) is 17.1. The molecule has 5 heteroatoms. The third kappa shape index (κ3) is 7.46. The van der Waals surface area contributed by atoms with Crippen LogP contribution in [0.25, 0.3) is 0 Å². The van der Waals surface area contributed by atoms with Crippen molar-refractivity contribution in [1.29, 1.82) is 0 Å². The van der Waals surface area contributed by atoms with Crippen molar-refractivity contribution in [3.63, 3.8) is 0 Å². The smallest absolute Gasteiger partial charge is 0.226 e. The monoisotopic (exact) mass is 335 g/mol. The fourth-order valence-electron chi connectivity index (χ4n) is 2.41. The summed E-state index contributed by atoms with van der Waals surface area (Å²) in [6.07, 6.45) is 4.89. The first-order chi connectivity index (χ1) is 11.1. The Balaban J connectivity index is 2.40. The SMILES string of the molecule is CCCCCCC(=O)NC(=S)Nc1ccc(N(CC)CC)cc1. The molecule has 0 radical (unpaired) electrons. The molecule has 4 nitrogen and oxygen atoms in total. The fraction of sp³-hybridized carbons (Fsp3) is 0.556. The van der Waals surface area contributed by atoms with Gasteiger partial charge in [0, 0.05) is 30.9 Å². The summed E-state index contributed by atoms with van der Waals surface area (Å²) in [6.45, 7) is 8.40. The van der Waals surface area contributed by atoms with Crippen molar-refractivity contribution in [3.05, 3.63) is 24.3 Å². The maximum Gasteiger partial charge on any atom is 0.226 e. The maximum atomic E-state index is 11.8. The lowest BCUT2D eigenvalue weighted by Crippen LogP contribution is -2.33. The first-order valence-electron chi connectivity index (χ1n) is 8.56. The van der Waals surface area contributed by atoms with Crippen LogP contribution in [0.5, 0.6) is 0 Å². The molecule has 23 heavy (non-hydrogen) atoms. The van der Waals surface area contributed by atoms with Crippen LogP contribution in [0.15, 0.2) is 24.3 Å². The molecule has 0 bridgehead atoms. The summed E-state index contributed by atoms with van der Waals surface area (Å²) < 4.78 is 0. The summed E-state index contributed by atoms with van der Waals surface area (Å²) in [5.41, 5.74) is 2.07. The third-order valence-electron chi connectivity index (χ3n) is 3.76. The van der Waals surface area contributed by atoms with Crippen LogP contribution in [-0.4, -0.2) is 24.1 Å². The van der Waals surface area contributed by atoms with Gasteiger partial charge >= 0.3 is 0 Å². The number of carbonyl (C=O) groups is 1. The second-order valence-electron chi connectivity index (χ2n) is 5.53. The molecule has 0 aliphatic heterocycles. The Kier molecular flexibility index (Phi) is 9.29. The predicted octanol–water partition coefficient (Wildman–Crippen LogP) is 4.32. The van der Waals surface area contributed by atoms with E-state index in [1.165, 1.54) is 18.5 Å². The number of benzene rings is 1. The Bertz CT molecular complexity index is 484. The molecule has 0 aliphatic carbocycles. The molecule has 0 heterocycles. The average Bonchev–Trinajstić information content (AvgIpc) is 2.54. The Morgan fingerprint density at radius 1 is 1.04 bits per heavy atom. The van der Waals surface area contributed by atoms with Crippen LogP contribution in [0.3, 0.4) is 0 Å². The van der Waals surface area contributed by atoms with E-state index < -0.39 is 0 Å². The Morgan fingerprint density at radius 2 is 1.70 bits per heavy atom. The fourth-order valence-corrected chi connectivity index (χ4v) is 2.64. The van der Waals surface area contributed by atoms with Gasteiger partial charge < -0.3 is 15.5 Å². The Labute approximate surface area is 145 Å². The molecular weight excluding hydrogens is 306 g/mol. The van der Waals surface area contributed by atoms with Crippen molar-refractivity contribution in [2.75, 3.05) is 23.3 Å². The van der Waals surface area contributed by atoms with Gasteiger partial charge in [0.05, 0.1) is 0 Å². The Hall–Kier alpha value is -1.62. The molecule has 0 aromatic heterocycles. The third-order valence-corrected chi connectivity index (χ3v) is 3.97. The minimum absolute atomic E-state index is 0.0154. The van der Waals surface area contributed by atoms with Gasteiger partial charge in [0.25, 0.3) is 0 Å². The molecule has 2 N–H and O–H groups in total. The van der Waals surface area contributed by atoms with E-state index >= 15 is 0 Å². The number of anilines is 2. The van der Waals surface area contributed by atoms with E-state index in [-0.39, 0.29) is 5.91 Å². The minimum atomic E-state index is -0.0154. The number of amides is 1. The van der Waals surface area contributed by atoms with Crippen LogP contribution in [0.4, 0.5) is 11.4 Å². The van der Waals surface area contributed by atoms with Gasteiger partial charge in [0.1, 0.15) is 0 Å². The number of unbranched alkanes of at least 4 members (excludes halogenated alkanes) is 3. The van der Waals surface area contributed by atoms with Crippen LogP contribution >= 0.6 is 12.2 Å². The second-order valence-corrected chi connectivity index (χ2v) is 5.94. The maximum absolute atomic E-state index is 11.8. The minimum Gasteiger partial charge on any atom is -0.372 e. The van der Waals surface area contributed by atoms with Gasteiger partial charge in [-0.3, -0.25) is 4.79 Å². The van der Waals surface area contributed by atoms with Gasteiger partial charge in [-0.25, -0.2) is 0 Å². The lowest BCUT2D eigenvalue weighted by atomic mass is 10.1. The lowest BCUT2D eigenvalue weighted by Gasteiger charge is -2.21. The van der Waals surface area contributed by atoms with Crippen LogP contribution in [-0.2, 0) is 4.79 Å². The number of hydrogen-bond acceptors (Lipinski definition) is 3. The molecule has 1 amide bonds. The highest BCUT2D eigenvalue weighted by molar-refractivity contribution is 7.80. The largest absolute Gasteiger partial charge is 0.372 e. The highest BCUT2D eigenvalue weighted by Gasteiger charge is 2.06. The second kappa shape index (κ2) is 11.0. The number of nitrogens with one attached hydrogen (secondary N) is 2. The van der Waals surface area contributed by atoms with Crippen LogP contribution in [0, 0.1) is 0 Å². The Morgan fingerprint density at radius 3 is 2.26 bits per heavy atom. The van der Waals surface area contributed by atoms with E-state index in [9.17, 15) is 4.79 Å². The van der Waals surface area contributed by atoms with E-state index in [1.807, 2.05) is 12.1 Å². The standard InChI is InChI=1S/C18H29N3OS/c1-4-7-8-9-10-17(22)20-18(23)19-15-11-13-16(14-12-15)21(5-2)6-3/h11-14H,4-10H2,1-3H3,(H2,19,20,22,23). The average molecular weight is 336 g/mol. The molecule has 128 valence electrons. The molecular formula is C18H29N3OS. The van der Waals surface area contributed by atoms with Crippen LogP contribution in [0.2, 0.25) is 0 Å². The molecule has 0 spiro atoms. The normalized spacial score (nSPS) is 10.2. The van der Waals surface area contributed by atoms with Crippen LogP contribution in [0.1, 0.15) is 52.9 Å². The number of nitrogens with zero attached hydrogens (tertiary/aromatic N) is 1. The predicted molar refractivity (Wildman–Crippen MR) is 103 cm³/mol. The highest BCUT2D eigenvalue weighted by Crippen LogP contribution is 2.17. The summed E-state index contributed by atoms with van der Waals surface area (Å²) in [4.78, 5) is 14.1. The van der Waals surface area contributed by atoms with Crippen molar-refractivity contribution >= 4 is 34.6 Å². The van der Waals surface area contributed by atoms with Crippen molar-refractivity contribution in [1.82, 2.24) is 5.32 Å². The first kappa shape index (κ1) is 19.4. The summed E-state index contributed by atoms with van der Waals surface area (Å²) in [7, 11) is 0. The quantitative estimate of drug-likeness (QED) is 0.521. The van der Waals surface area contributed by atoms with Gasteiger partial charge in [0.2, 0.25) is 5.91 Å². The summed E-state index contributed by atoms with van der Waals surface area (Å²) >= 11 is 5.19. The van der Waals surface area contributed by atoms with Crippen molar-refractivity contribution in [3.8, 4) is 0 Å². The van der Waals surface area contributed by atoms with E-state index in [2.05, 4.69) is 48.4 Å². The van der Waals surface area contributed by atoms with Gasteiger partial charge in [-0.05, 0) is 56.8 Å². The van der Waals surface area contributed by atoms with Crippen LogP contribution < -0.4 is 15.5 Å². The molecule has 0 saturated carbocycles. The number of rotatable bonds is 9. The molecule has 0 saturated heterocycles.